The van der Waals surface area contributed by atoms with Gasteiger partial charge < -0.3 is 5.11 Å². The SMILES string of the molecule is OCc1ccc(C(F)(F)F)c(Br)c1I. The second-order valence-electron chi connectivity index (χ2n) is 2.56. The molecule has 0 atom stereocenters. The highest BCUT2D eigenvalue weighted by Crippen LogP contribution is 2.38. The fraction of sp³-hybridized carbons (Fsp3) is 0.250. The van der Waals surface area contributed by atoms with Gasteiger partial charge in [-0.25, -0.2) is 0 Å². The van der Waals surface area contributed by atoms with Crippen molar-refractivity contribution < 1.29 is 18.3 Å². The van der Waals surface area contributed by atoms with Crippen LogP contribution in [0.5, 0.6) is 0 Å². The topological polar surface area (TPSA) is 20.2 Å². The van der Waals surface area contributed by atoms with Gasteiger partial charge in [0.15, 0.2) is 0 Å². The van der Waals surface area contributed by atoms with E-state index in [1.165, 1.54) is 6.07 Å². The molecule has 14 heavy (non-hydrogen) atoms. The summed E-state index contributed by atoms with van der Waals surface area (Å²) in [5, 5.41) is 8.83. The summed E-state index contributed by atoms with van der Waals surface area (Å²) in [6, 6.07) is 2.23. The standard InChI is InChI=1S/C8H5BrF3IO/c9-6-5(8(10,11)12)2-1-4(3-14)7(6)13/h1-2,14H,3H2. The highest BCUT2D eigenvalue weighted by atomic mass is 127. The fourth-order valence-electron chi connectivity index (χ4n) is 0.930. The summed E-state index contributed by atoms with van der Waals surface area (Å²) in [5.74, 6) is 0. The maximum absolute atomic E-state index is 12.4. The molecule has 0 amide bonds. The molecule has 1 rings (SSSR count). The van der Waals surface area contributed by atoms with Crippen LogP contribution in [0.1, 0.15) is 11.1 Å². The monoisotopic (exact) mass is 380 g/mol. The van der Waals surface area contributed by atoms with Gasteiger partial charge in [0.1, 0.15) is 0 Å². The van der Waals surface area contributed by atoms with Gasteiger partial charge in [-0.3, -0.25) is 0 Å². The Balaban J connectivity index is 3.31. The molecule has 0 aliphatic heterocycles. The van der Waals surface area contributed by atoms with Crippen molar-refractivity contribution in [2.45, 2.75) is 12.8 Å². The quantitative estimate of drug-likeness (QED) is 0.738. The fourth-order valence-corrected chi connectivity index (χ4v) is 2.18. The van der Waals surface area contributed by atoms with Crippen LogP contribution < -0.4 is 0 Å². The summed E-state index contributed by atoms with van der Waals surface area (Å²) in [7, 11) is 0. The summed E-state index contributed by atoms with van der Waals surface area (Å²) in [6.07, 6.45) is -4.37. The van der Waals surface area contributed by atoms with Gasteiger partial charge in [-0.1, -0.05) is 6.07 Å². The zero-order chi connectivity index (χ0) is 10.9. The van der Waals surface area contributed by atoms with Gasteiger partial charge in [0.05, 0.1) is 12.2 Å². The van der Waals surface area contributed by atoms with E-state index < -0.39 is 11.7 Å². The molecule has 0 unspecified atom stereocenters. The van der Waals surface area contributed by atoms with Crippen LogP contribution in [0.15, 0.2) is 16.6 Å². The molecule has 0 saturated heterocycles. The van der Waals surface area contributed by atoms with E-state index in [1.807, 2.05) is 0 Å². The van der Waals surface area contributed by atoms with Crippen LogP contribution in [0.3, 0.4) is 0 Å². The highest BCUT2D eigenvalue weighted by molar-refractivity contribution is 14.1. The number of hydrogen-bond acceptors (Lipinski definition) is 1. The normalized spacial score (nSPS) is 11.9. The lowest BCUT2D eigenvalue weighted by molar-refractivity contribution is -0.138. The van der Waals surface area contributed by atoms with Crippen LogP contribution in [0.2, 0.25) is 0 Å². The first-order chi connectivity index (χ1) is 6.38. The predicted molar refractivity (Wildman–Crippen MR) is 57.8 cm³/mol. The number of alkyl halides is 3. The van der Waals surface area contributed by atoms with Crippen molar-refractivity contribution in [2.75, 3.05) is 0 Å². The Labute approximate surface area is 101 Å². The lowest BCUT2D eigenvalue weighted by Crippen LogP contribution is -2.07. The van der Waals surface area contributed by atoms with Crippen LogP contribution >= 0.6 is 38.5 Å². The molecule has 0 aromatic heterocycles. The van der Waals surface area contributed by atoms with Crippen molar-refractivity contribution in [2.24, 2.45) is 0 Å². The zero-order valence-corrected chi connectivity index (χ0v) is 10.4. The van der Waals surface area contributed by atoms with Gasteiger partial charge in [0, 0.05) is 8.04 Å². The first-order valence-corrected chi connectivity index (χ1v) is 5.40. The van der Waals surface area contributed by atoms with E-state index in [0.29, 0.717) is 9.13 Å². The van der Waals surface area contributed by atoms with Crippen LogP contribution in [-0.2, 0) is 12.8 Å². The van der Waals surface area contributed by atoms with Crippen molar-refractivity contribution in [1.29, 1.82) is 0 Å². The van der Waals surface area contributed by atoms with Gasteiger partial charge in [0.2, 0.25) is 0 Å². The van der Waals surface area contributed by atoms with Gasteiger partial charge in [0.25, 0.3) is 0 Å². The zero-order valence-electron chi connectivity index (χ0n) is 6.70. The van der Waals surface area contributed by atoms with Crippen molar-refractivity contribution in [3.8, 4) is 0 Å². The molecular weight excluding hydrogens is 376 g/mol. The maximum atomic E-state index is 12.4. The summed E-state index contributed by atoms with van der Waals surface area (Å²) in [4.78, 5) is 0. The minimum atomic E-state index is -4.37. The van der Waals surface area contributed by atoms with E-state index >= 15 is 0 Å². The third kappa shape index (κ3) is 2.40. The van der Waals surface area contributed by atoms with Crippen molar-refractivity contribution in [3.05, 3.63) is 31.3 Å². The van der Waals surface area contributed by atoms with Gasteiger partial charge in [-0.15, -0.1) is 0 Å². The number of benzene rings is 1. The second kappa shape index (κ2) is 4.36. The molecule has 1 aromatic rings. The van der Waals surface area contributed by atoms with Crippen LogP contribution in [0.25, 0.3) is 0 Å². The van der Waals surface area contributed by atoms with Gasteiger partial charge in [-0.05, 0) is 50.2 Å². The lowest BCUT2D eigenvalue weighted by Gasteiger charge is -2.12. The largest absolute Gasteiger partial charge is 0.417 e. The van der Waals surface area contributed by atoms with Gasteiger partial charge in [-0.2, -0.15) is 13.2 Å². The lowest BCUT2D eigenvalue weighted by atomic mass is 10.1. The molecule has 0 heterocycles. The molecule has 1 N–H and O–H groups in total. The van der Waals surface area contributed by atoms with E-state index in [2.05, 4.69) is 15.9 Å². The number of rotatable bonds is 1. The van der Waals surface area contributed by atoms with E-state index in [1.54, 1.807) is 22.6 Å². The Kier molecular flexibility index (Phi) is 3.81. The average molecular weight is 381 g/mol. The first kappa shape index (κ1) is 12.3. The van der Waals surface area contributed by atoms with Crippen molar-refractivity contribution in [3.63, 3.8) is 0 Å². The predicted octanol–water partition coefficient (Wildman–Crippen LogP) is 3.56. The molecule has 78 valence electrons. The summed E-state index contributed by atoms with van der Waals surface area (Å²) in [6.45, 7) is -0.269. The van der Waals surface area contributed by atoms with E-state index in [9.17, 15) is 13.2 Å². The smallest absolute Gasteiger partial charge is 0.392 e. The number of aliphatic hydroxyl groups is 1. The highest BCUT2D eigenvalue weighted by Gasteiger charge is 2.33. The van der Waals surface area contributed by atoms with E-state index in [4.69, 9.17) is 5.11 Å². The number of hydrogen-bond donors (Lipinski definition) is 1. The Bertz CT molecular complexity index is 351. The van der Waals surface area contributed by atoms with Crippen LogP contribution in [0.4, 0.5) is 13.2 Å². The molecule has 1 nitrogen and oxygen atoms in total. The number of aliphatic hydroxyl groups excluding tert-OH is 1. The van der Waals surface area contributed by atoms with E-state index in [0.717, 1.165) is 6.07 Å². The average Bonchev–Trinajstić information content (AvgIpc) is 2.07. The molecule has 0 aliphatic rings. The minimum Gasteiger partial charge on any atom is -0.392 e. The molecule has 0 bridgehead atoms. The van der Waals surface area contributed by atoms with Gasteiger partial charge >= 0.3 is 6.18 Å². The molecule has 0 aliphatic carbocycles. The Morgan fingerprint density at radius 1 is 1.36 bits per heavy atom. The Morgan fingerprint density at radius 3 is 2.36 bits per heavy atom. The molecule has 6 heteroatoms. The van der Waals surface area contributed by atoms with Crippen LogP contribution in [0, 0.1) is 3.57 Å². The molecule has 0 fully saturated rings. The van der Waals surface area contributed by atoms with E-state index in [-0.39, 0.29) is 11.1 Å². The maximum Gasteiger partial charge on any atom is 0.417 e. The molecule has 0 radical (unpaired) electrons. The Hall–Kier alpha value is 0.180. The van der Waals surface area contributed by atoms with Crippen molar-refractivity contribution in [1.82, 2.24) is 0 Å². The summed E-state index contributed by atoms with van der Waals surface area (Å²) >= 11 is 4.63. The minimum absolute atomic E-state index is 0.0165. The van der Waals surface area contributed by atoms with Crippen molar-refractivity contribution >= 4 is 38.5 Å². The molecule has 0 spiro atoms. The molecular formula is C8H5BrF3IO. The second-order valence-corrected chi connectivity index (χ2v) is 4.43. The third-order valence-corrected chi connectivity index (χ3v) is 4.44. The number of halogens is 5. The summed E-state index contributed by atoms with van der Waals surface area (Å²) in [5.41, 5.74) is -0.246. The molecule has 1 aromatic carbocycles. The summed E-state index contributed by atoms with van der Waals surface area (Å²) < 4.78 is 37.5. The third-order valence-electron chi connectivity index (χ3n) is 1.64. The Morgan fingerprint density at radius 2 is 1.93 bits per heavy atom. The molecule has 0 saturated carbocycles. The van der Waals surface area contributed by atoms with Crippen LogP contribution in [-0.4, -0.2) is 5.11 Å². The first-order valence-electron chi connectivity index (χ1n) is 3.53.